The summed E-state index contributed by atoms with van der Waals surface area (Å²) in [4.78, 5) is 6.63. The smallest absolute Gasteiger partial charge is 0.266 e. The first-order valence-corrected chi connectivity index (χ1v) is 7.39. The molecule has 0 spiro atoms. The molecule has 0 bridgehead atoms. The maximum absolute atomic E-state index is 5.41. The first kappa shape index (κ1) is 15.3. The van der Waals surface area contributed by atoms with Crippen LogP contribution in [0.2, 0.25) is 0 Å². The number of hydrogen-bond acceptors (Lipinski definition) is 6. The standard InChI is InChI=1S/C14H26N4O2/c1-5-15-11(14(2,3)4)10-12-16-13(17-20-12)18-6-8-19-9-7-18/h11,15H,5-10H2,1-4H3. The molecule has 0 aromatic carbocycles. The van der Waals surface area contributed by atoms with Crippen LogP contribution in [0.3, 0.4) is 0 Å². The topological polar surface area (TPSA) is 63.4 Å². The summed E-state index contributed by atoms with van der Waals surface area (Å²) in [7, 11) is 0. The van der Waals surface area contributed by atoms with Gasteiger partial charge in [-0.2, -0.15) is 4.98 Å². The van der Waals surface area contributed by atoms with Crippen LogP contribution in [0.1, 0.15) is 33.6 Å². The third-order valence-corrected chi connectivity index (χ3v) is 3.63. The fourth-order valence-corrected chi connectivity index (χ4v) is 2.33. The molecule has 0 radical (unpaired) electrons. The summed E-state index contributed by atoms with van der Waals surface area (Å²) in [5.41, 5.74) is 0.156. The second-order valence-corrected chi connectivity index (χ2v) is 6.27. The number of ether oxygens (including phenoxy) is 1. The second kappa shape index (κ2) is 6.54. The summed E-state index contributed by atoms with van der Waals surface area (Å²) in [5.74, 6) is 1.39. The summed E-state index contributed by atoms with van der Waals surface area (Å²) in [6, 6.07) is 0.325. The largest absolute Gasteiger partial charge is 0.378 e. The van der Waals surface area contributed by atoms with Crippen LogP contribution < -0.4 is 10.2 Å². The summed E-state index contributed by atoms with van der Waals surface area (Å²) >= 11 is 0. The van der Waals surface area contributed by atoms with Crippen LogP contribution in [0.15, 0.2) is 4.52 Å². The fourth-order valence-electron chi connectivity index (χ4n) is 2.33. The zero-order valence-corrected chi connectivity index (χ0v) is 13.0. The van der Waals surface area contributed by atoms with Gasteiger partial charge in [0.15, 0.2) is 0 Å². The molecule has 1 fully saturated rings. The maximum atomic E-state index is 5.41. The van der Waals surface area contributed by atoms with Crippen molar-refractivity contribution < 1.29 is 9.26 Å². The molecule has 20 heavy (non-hydrogen) atoms. The van der Waals surface area contributed by atoms with E-state index in [2.05, 4.69) is 48.1 Å². The number of aromatic nitrogens is 2. The molecule has 1 aliphatic heterocycles. The van der Waals surface area contributed by atoms with Crippen LogP contribution in [-0.4, -0.2) is 49.0 Å². The number of anilines is 1. The molecule has 0 amide bonds. The lowest BCUT2D eigenvalue weighted by atomic mass is 9.85. The van der Waals surface area contributed by atoms with Gasteiger partial charge in [0, 0.05) is 25.6 Å². The Bertz CT molecular complexity index is 408. The minimum atomic E-state index is 0.156. The van der Waals surface area contributed by atoms with Crippen LogP contribution >= 0.6 is 0 Å². The molecule has 1 atom stereocenters. The predicted molar refractivity (Wildman–Crippen MR) is 78.0 cm³/mol. The van der Waals surface area contributed by atoms with Crippen molar-refractivity contribution in [3.05, 3.63) is 5.89 Å². The Hall–Kier alpha value is -1.14. The number of hydrogen-bond donors (Lipinski definition) is 1. The molecule has 0 aliphatic carbocycles. The summed E-state index contributed by atoms with van der Waals surface area (Å²) in [5, 5.41) is 7.59. The zero-order valence-electron chi connectivity index (χ0n) is 13.0. The van der Waals surface area contributed by atoms with Crippen LogP contribution in [0.25, 0.3) is 0 Å². The number of nitrogens with zero attached hydrogens (tertiary/aromatic N) is 3. The maximum Gasteiger partial charge on any atom is 0.266 e. The number of rotatable bonds is 5. The van der Waals surface area contributed by atoms with Crippen molar-refractivity contribution in [3.8, 4) is 0 Å². The Morgan fingerprint density at radius 3 is 2.60 bits per heavy atom. The Morgan fingerprint density at radius 2 is 2.00 bits per heavy atom. The van der Waals surface area contributed by atoms with Crippen LogP contribution in [-0.2, 0) is 11.2 Å². The monoisotopic (exact) mass is 282 g/mol. The number of morpholine rings is 1. The van der Waals surface area contributed by atoms with Crippen molar-refractivity contribution in [2.45, 2.75) is 40.2 Å². The van der Waals surface area contributed by atoms with Gasteiger partial charge in [0.2, 0.25) is 5.89 Å². The van der Waals surface area contributed by atoms with Gasteiger partial charge in [0.1, 0.15) is 0 Å². The quantitative estimate of drug-likeness (QED) is 0.882. The Morgan fingerprint density at radius 1 is 1.30 bits per heavy atom. The molecule has 114 valence electrons. The minimum absolute atomic E-state index is 0.156. The van der Waals surface area contributed by atoms with Crippen molar-refractivity contribution in [2.24, 2.45) is 5.41 Å². The zero-order chi connectivity index (χ0) is 14.6. The average molecular weight is 282 g/mol. The van der Waals surface area contributed by atoms with Gasteiger partial charge in [0.25, 0.3) is 5.95 Å². The van der Waals surface area contributed by atoms with Gasteiger partial charge in [0.05, 0.1) is 13.2 Å². The van der Waals surface area contributed by atoms with Crippen LogP contribution in [0, 0.1) is 5.41 Å². The lowest BCUT2D eigenvalue weighted by Gasteiger charge is -2.30. The fraction of sp³-hybridized carbons (Fsp3) is 0.857. The van der Waals surface area contributed by atoms with Gasteiger partial charge in [-0.15, -0.1) is 0 Å². The molecule has 2 heterocycles. The molecule has 0 saturated carbocycles. The van der Waals surface area contributed by atoms with E-state index in [1.165, 1.54) is 0 Å². The lowest BCUT2D eigenvalue weighted by molar-refractivity contribution is 0.121. The number of likely N-dealkylation sites (N-methyl/N-ethyl adjacent to an activating group) is 1. The highest BCUT2D eigenvalue weighted by molar-refractivity contribution is 5.28. The van der Waals surface area contributed by atoms with E-state index in [4.69, 9.17) is 9.26 Å². The minimum Gasteiger partial charge on any atom is -0.378 e. The molecule has 1 N–H and O–H groups in total. The van der Waals surface area contributed by atoms with Gasteiger partial charge in [-0.3, -0.25) is 0 Å². The second-order valence-electron chi connectivity index (χ2n) is 6.27. The van der Waals surface area contributed by atoms with Crippen molar-refractivity contribution in [1.82, 2.24) is 15.5 Å². The highest BCUT2D eigenvalue weighted by Crippen LogP contribution is 2.23. The first-order valence-electron chi connectivity index (χ1n) is 7.39. The van der Waals surface area contributed by atoms with Gasteiger partial charge >= 0.3 is 0 Å². The van der Waals surface area contributed by atoms with E-state index in [9.17, 15) is 0 Å². The molecule has 1 aromatic heterocycles. The Balaban J connectivity index is 2.00. The third-order valence-electron chi connectivity index (χ3n) is 3.63. The van der Waals surface area contributed by atoms with Gasteiger partial charge in [-0.05, 0) is 17.1 Å². The van der Waals surface area contributed by atoms with E-state index in [0.717, 1.165) is 39.3 Å². The molecular formula is C14H26N4O2. The predicted octanol–water partition coefficient (Wildman–Crippen LogP) is 1.47. The SMILES string of the molecule is CCNC(Cc1nc(N2CCOCC2)no1)C(C)(C)C. The van der Waals surface area contributed by atoms with E-state index in [1.807, 2.05) is 0 Å². The molecule has 1 saturated heterocycles. The van der Waals surface area contributed by atoms with Crippen molar-refractivity contribution in [1.29, 1.82) is 0 Å². The van der Waals surface area contributed by atoms with Gasteiger partial charge < -0.3 is 19.5 Å². The Kier molecular flexibility index (Phi) is 4.99. The van der Waals surface area contributed by atoms with E-state index < -0.39 is 0 Å². The van der Waals surface area contributed by atoms with Crippen LogP contribution in [0.5, 0.6) is 0 Å². The van der Waals surface area contributed by atoms with Crippen molar-refractivity contribution in [3.63, 3.8) is 0 Å². The highest BCUT2D eigenvalue weighted by atomic mass is 16.5. The normalized spacial score (nSPS) is 18.3. The van der Waals surface area contributed by atoms with Gasteiger partial charge in [-0.25, -0.2) is 0 Å². The summed E-state index contributed by atoms with van der Waals surface area (Å²) in [6.07, 6.45) is 0.759. The Labute approximate surface area is 120 Å². The summed E-state index contributed by atoms with van der Waals surface area (Å²) < 4.78 is 10.7. The molecular weight excluding hydrogens is 256 g/mol. The van der Waals surface area contributed by atoms with E-state index >= 15 is 0 Å². The molecule has 1 aliphatic rings. The van der Waals surface area contributed by atoms with Crippen LogP contribution in [0.4, 0.5) is 5.95 Å². The lowest BCUT2D eigenvalue weighted by Crippen LogP contribution is -2.42. The molecule has 2 rings (SSSR count). The first-order chi connectivity index (χ1) is 9.50. The van der Waals surface area contributed by atoms with Crippen molar-refractivity contribution >= 4 is 5.95 Å². The molecule has 6 nitrogen and oxygen atoms in total. The van der Waals surface area contributed by atoms with E-state index in [1.54, 1.807) is 0 Å². The average Bonchev–Trinajstić information content (AvgIpc) is 2.87. The molecule has 1 aromatic rings. The highest BCUT2D eigenvalue weighted by Gasteiger charge is 2.27. The van der Waals surface area contributed by atoms with E-state index in [-0.39, 0.29) is 5.41 Å². The number of nitrogens with one attached hydrogen (secondary N) is 1. The summed E-state index contributed by atoms with van der Waals surface area (Å²) in [6.45, 7) is 12.8. The van der Waals surface area contributed by atoms with Gasteiger partial charge in [-0.1, -0.05) is 27.7 Å². The molecule has 6 heteroatoms. The molecule has 1 unspecified atom stereocenters. The van der Waals surface area contributed by atoms with E-state index in [0.29, 0.717) is 17.9 Å². The van der Waals surface area contributed by atoms with Crippen molar-refractivity contribution in [2.75, 3.05) is 37.7 Å². The third kappa shape index (κ3) is 3.93.